The molecule has 1 heterocycles. The Morgan fingerprint density at radius 1 is 1.33 bits per heavy atom. The highest BCUT2D eigenvalue weighted by molar-refractivity contribution is 7.92. The predicted octanol–water partition coefficient (Wildman–Crippen LogP) is 0.304. The van der Waals surface area contributed by atoms with Gasteiger partial charge in [-0.15, -0.1) is 0 Å². The molecule has 0 aromatic carbocycles. The molecule has 0 atom stereocenters. The van der Waals surface area contributed by atoms with Crippen molar-refractivity contribution in [3.63, 3.8) is 0 Å². The SMILES string of the molecule is CCS(=O)(=O)Nc1cnc(N(C)C)nc1. The van der Waals surface area contributed by atoms with E-state index in [0.29, 0.717) is 11.6 Å². The Kier molecular flexibility index (Phi) is 3.46. The fourth-order valence-electron chi connectivity index (χ4n) is 0.857. The molecule has 6 nitrogen and oxygen atoms in total. The third-order valence-corrected chi connectivity index (χ3v) is 3.00. The summed E-state index contributed by atoms with van der Waals surface area (Å²) in [7, 11) is 0.372. The molecule has 0 aliphatic rings. The number of rotatable bonds is 4. The number of sulfonamides is 1. The van der Waals surface area contributed by atoms with E-state index < -0.39 is 10.0 Å². The first-order chi connectivity index (χ1) is 6.94. The molecule has 0 spiro atoms. The predicted molar refractivity (Wildman–Crippen MR) is 59.4 cm³/mol. The minimum Gasteiger partial charge on any atom is -0.347 e. The molecule has 0 aliphatic heterocycles. The van der Waals surface area contributed by atoms with Gasteiger partial charge in [0.15, 0.2) is 0 Å². The van der Waals surface area contributed by atoms with Gasteiger partial charge < -0.3 is 4.90 Å². The van der Waals surface area contributed by atoms with E-state index in [1.54, 1.807) is 11.8 Å². The molecule has 0 fully saturated rings. The van der Waals surface area contributed by atoms with Gasteiger partial charge in [-0.1, -0.05) is 0 Å². The molecule has 0 amide bonds. The molecular formula is C8H14N4O2S. The largest absolute Gasteiger partial charge is 0.347 e. The van der Waals surface area contributed by atoms with Gasteiger partial charge in [0.25, 0.3) is 0 Å². The van der Waals surface area contributed by atoms with Gasteiger partial charge in [0, 0.05) is 14.1 Å². The zero-order chi connectivity index (χ0) is 11.5. The second kappa shape index (κ2) is 4.43. The third kappa shape index (κ3) is 3.35. The summed E-state index contributed by atoms with van der Waals surface area (Å²) in [6.45, 7) is 1.57. The lowest BCUT2D eigenvalue weighted by Gasteiger charge is -2.10. The molecule has 0 saturated carbocycles. The summed E-state index contributed by atoms with van der Waals surface area (Å²) < 4.78 is 24.8. The van der Waals surface area contributed by atoms with Crippen LogP contribution < -0.4 is 9.62 Å². The summed E-state index contributed by atoms with van der Waals surface area (Å²) in [4.78, 5) is 9.70. The molecule has 0 radical (unpaired) electrons. The average Bonchev–Trinajstić information content (AvgIpc) is 2.18. The first kappa shape index (κ1) is 11.7. The van der Waals surface area contributed by atoms with Gasteiger partial charge in [0.05, 0.1) is 23.8 Å². The lowest BCUT2D eigenvalue weighted by atomic mass is 10.6. The number of anilines is 2. The second-order valence-electron chi connectivity index (χ2n) is 3.17. The molecule has 7 heteroatoms. The van der Waals surface area contributed by atoms with Crippen molar-refractivity contribution in [1.29, 1.82) is 0 Å². The van der Waals surface area contributed by atoms with Crippen LogP contribution in [0.25, 0.3) is 0 Å². The molecule has 0 unspecified atom stereocenters. The van der Waals surface area contributed by atoms with Crippen molar-refractivity contribution in [2.75, 3.05) is 29.5 Å². The molecule has 84 valence electrons. The van der Waals surface area contributed by atoms with Crippen LogP contribution in [0.5, 0.6) is 0 Å². The van der Waals surface area contributed by atoms with E-state index in [1.165, 1.54) is 12.4 Å². The minimum atomic E-state index is -3.25. The number of aromatic nitrogens is 2. The summed E-state index contributed by atoms with van der Waals surface area (Å²) in [6.07, 6.45) is 2.88. The van der Waals surface area contributed by atoms with E-state index in [1.807, 2.05) is 14.1 Å². The number of nitrogens with zero attached hydrogens (tertiary/aromatic N) is 3. The average molecular weight is 230 g/mol. The van der Waals surface area contributed by atoms with E-state index in [9.17, 15) is 8.42 Å². The molecule has 1 aromatic heterocycles. The van der Waals surface area contributed by atoms with Gasteiger partial charge in [-0.3, -0.25) is 4.72 Å². The fourth-order valence-corrected chi connectivity index (χ4v) is 1.47. The van der Waals surface area contributed by atoms with E-state index in [4.69, 9.17) is 0 Å². The maximum atomic E-state index is 11.2. The Hall–Kier alpha value is -1.37. The quantitative estimate of drug-likeness (QED) is 0.805. The first-order valence-corrected chi connectivity index (χ1v) is 6.09. The molecule has 1 N–H and O–H groups in total. The minimum absolute atomic E-state index is 0.0302. The van der Waals surface area contributed by atoms with Crippen molar-refractivity contribution in [3.8, 4) is 0 Å². The Balaban J connectivity index is 2.82. The molecule has 15 heavy (non-hydrogen) atoms. The highest BCUT2D eigenvalue weighted by Gasteiger charge is 2.07. The van der Waals surface area contributed by atoms with Crippen molar-refractivity contribution < 1.29 is 8.42 Å². The van der Waals surface area contributed by atoms with E-state index in [0.717, 1.165) is 0 Å². The highest BCUT2D eigenvalue weighted by atomic mass is 32.2. The lowest BCUT2D eigenvalue weighted by molar-refractivity contribution is 0.602. The van der Waals surface area contributed by atoms with Crippen molar-refractivity contribution in [1.82, 2.24) is 9.97 Å². The summed E-state index contributed by atoms with van der Waals surface area (Å²) in [5.74, 6) is 0.567. The standard InChI is InChI=1S/C8H14N4O2S/c1-4-15(13,14)11-7-5-9-8(10-6-7)12(2)3/h5-6,11H,4H2,1-3H3. The number of nitrogens with one attached hydrogen (secondary N) is 1. The number of hydrogen-bond acceptors (Lipinski definition) is 5. The van der Waals surface area contributed by atoms with Crippen LogP contribution in [0.1, 0.15) is 6.92 Å². The van der Waals surface area contributed by atoms with Gasteiger partial charge in [-0.25, -0.2) is 18.4 Å². The summed E-state index contributed by atoms with van der Waals surface area (Å²) in [5, 5.41) is 0. The van der Waals surface area contributed by atoms with Gasteiger partial charge >= 0.3 is 0 Å². The smallest absolute Gasteiger partial charge is 0.232 e. The highest BCUT2D eigenvalue weighted by Crippen LogP contribution is 2.09. The summed E-state index contributed by atoms with van der Waals surface area (Å²) >= 11 is 0. The van der Waals surface area contributed by atoms with Crippen LogP contribution in [0, 0.1) is 0 Å². The van der Waals surface area contributed by atoms with Crippen molar-refractivity contribution in [2.45, 2.75) is 6.92 Å². The Morgan fingerprint density at radius 2 is 1.87 bits per heavy atom. The van der Waals surface area contributed by atoms with Crippen LogP contribution in [-0.2, 0) is 10.0 Å². The maximum absolute atomic E-state index is 11.2. The molecule has 0 bridgehead atoms. The van der Waals surface area contributed by atoms with Crippen LogP contribution in [-0.4, -0.2) is 38.2 Å². The molecule has 0 saturated heterocycles. The molecule has 0 aliphatic carbocycles. The van der Waals surface area contributed by atoms with Gasteiger partial charge in [0.1, 0.15) is 0 Å². The molecule has 1 aromatic rings. The van der Waals surface area contributed by atoms with Crippen LogP contribution in [0.2, 0.25) is 0 Å². The Bertz CT molecular complexity index is 413. The Labute approximate surface area is 89.4 Å². The van der Waals surface area contributed by atoms with Gasteiger partial charge in [-0.2, -0.15) is 0 Å². The van der Waals surface area contributed by atoms with Gasteiger partial charge in [-0.05, 0) is 6.92 Å². The number of hydrogen-bond donors (Lipinski definition) is 1. The van der Waals surface area contributed by atoms with Crippen molar-refractivity contribution >= 4 is 21.7 Å². The normalized spacial score (nSPS) is 11.1. The van der Waals surface area contributed by atoms with E-state index in [-0.39, 0.29) is 5.75 Å². The monoisotopic (exact) mass is 230 g/mol. The van der Waals surface area contributed by atoms with Crippen molar-refractivity contribution in [3.05, 3.63) is 12.4 Å². The van der Waals surface area contributed by atoms with Crippen LogP contribution in [0.3, 0.4) is 0 Å². The second-order valence-corrected chi connectivity index (χ2v) is 5.18. The fraction of sp³-hybridized carbons (Fsp3) is 0.500. The third-order valence-electron chi connectivity index (χ3n) is 1.69. The topological polar surface area (TPSA) is 75.2 Å². The van der Waals surface area contributed by atoms with E-state index in [2.05, 4.69) is 14.7 Å². The van der Waals surface area contributed by atoms with Gasteiger partial charge in [0.2, 0.25) is 16.0 Å². The van der Waals surface area contributed by atoms with E-state index >= 15 is 0 Å². The zero-order valence-electron chi connectivity index (χ0n) is 8.93. The summed E-state index contributed by atoms with van der Waals surface area (Å²) in [5.41, 5.74) is 0.377. The Morgan fingerprint density at radius 3 is 2.27 bits per heavy atom. The lowest BCUT2D eigenvalue weighted by Crippen LogP contribution is -2.16. The molecule has 1 rings (SSSR count). The zero-order valence-corrected chi connectivity index (χ0v) is 9.74. The summed E-state index contributed by atoms with van der Waals surface area (Å²) in [6, 6.07) is 0. The van der Waals surface area contributed by atoms with Crippen LogP contribution in [0.4, 0.5) is 11.6 Å². The maximum Gasteiger partial charge on any atom is 0.232 e. The van der Waals surface area contributed by atoms with Crippen LogP contribution in [0.15, 0.2) is 12.4 Å². The van der Waals surface area contributed by atoms with Crippen LogP contribution >= 0.6 is 0 Å². The molecular weight excluding hydrogens is 216 g/mol. The first-order valence-electron chi connectivity index (χ1n) is 4.44. The van der Waals surface area contributed by atoms with Crippen molar-refractivity contribution in [2.24, 2.45) is 0 Å².